The Morgan fingerprint density at radius 1 is 1.14 bits per heavy atom. The number of furan rings is 1. The Hall–Kier alpha value is -3.60. The largest absolute Gasteiger partial charge is 0.474 e. The number of rotatable bonds is 6. The summed E-state index contributed by atoms with van der Waals surface area (Å²) in [6.45, 7) is 1.86. The van der Waals surface area contributed by atoms with Gasteiger partial charge in [0.1, 0.15) is 24.0 Å². The van der Waals surface area contributed by atoms with Crippen LogP contribution in [0.1, 0.15) is 24.2 Å². The van der Waals surface area contributed by atoms with Crippen LogP contribution in [-0.4, -0.2) is 61.4 Å². The Morgan fingerprint density at radius 2 is 1.97 bits per heavy atom. The summed E-state index contributed by atoms with van der Waals surface area (Å²) in [5.41, 5.74) is 1.91. The van der Waals surface area contributed by atoms with Gasteiger partial charge in [0.2, 0.25) is 5.88 Å². The first-order valence-electron chi connectivity index (χ1n) is 11.4. The summed E-state index contributed by atoms with van der Waals surface area (Å²) < 4.78 is 40.3. The number of carbonyl (C=O) groups excluding carboxylic acids is 1. The zero-order chi connectivity index (χ0) is 24.4. The smallest absolute Gasteiger partial charge is 0.410 e. The summed E-state index contributed by atoms with van der Waals surface area (Å²) in [5, 5.41) is 0. The number of nitrogens with zero attached hydrogens (tertiary/aromatic N) is 4. The van der Waals surface area contributed by atoms with Crippen LogP contribution in [0.3, 0.4) is 0 Å². The highest BCUT2D eigenvalue weighted by atomic mass is 32.2. The lowest BCUT2D eigenvalue weighted by Crippen LogP contribution is -2.42. The molecular formula is C24H26N4O6S. The van der Waals surface area contributed by atoms with E-state index >= 15 is 0 Å². The van der Waals surface area contributed by atoms with Crippen molar-refractivity contribution in [1.82, 2.24) is 14.9 Å². The number of sulfone groups is 1. The fourth-order valence-corrected chi connectivity index (χ4v) is 5.01. The summed E-state index contributed by atoms with van der Waals surface area (Å²) in [4.78, 5) is 25.0. The number of anilines is 2. The predicted octanol–water partition coefficient (Wildman–Crippen LogP) is 3.35. The molecule has 0 saturated carbocycles. The molecule has 4 heterocycles. The molecule has 1 saturated heterocycles. The van der Waals surface area contributed by atoms with Crippen molar-refractivity contribution in [2.45, 2.75) is 36.9 Å². The Bertz CT molecular complexity index is 1300. The van der Waals surface area contributed by atoms with Crippen LogP contribution in [0.5, 0.6) is 5.88 Å². The van der Waals surface area contributed by atoms with Crippen molar-refractivity contribution in [3.63, 3.8) is 0 Å². The van der Waals surface area contributed by atoms with Gasteiger partial charge >= 0.3 is 6.09 Å². The Morgan fingerprint density at radius 3 is 2.71 bits per heavy atom. The van der Waals surface area contributed by atoms with Crippen LogP contribution in [-0.2, 0) is 27.6 Å². The molecule has 0 atom stereocenters. The number of hydrogen-bond donors (Lipinski definition) is 0. The van der Waals surface area contributed by atoms with E-state index in [4.69, 9.17) is 13.9 Å². The van der Waals surface area contributed by atoms with E-state index in [1.165, 1.54) is 12.6 Å². The topological polar surface area (TPSA) is 115 Å². The van der Waals surface area contributed by atoms with Gasteiger partial charge in [-0.3, -0.25) is 0 Å². The average molecular weight is 499 g/mol. The molecule has 0 bridgehead atoms. The summed E-state index contributed by atoms with van der Waals surface area (Å²) in [6.07, 6.45) is 5.84. The van der Waals surface area contributed by atoms with Gasteiger partial charge in [0.25, 0.3) is 0 Å². The van der Waals surface area contributed by atoms with E-state index in [0.29, 0.717) is 54.8 Å². The van der Waals surface area contributed by atoms with E-state index in [2.05, 4.69) is 9.97 Å². The van der Waals surface area contributed by atoms with Crippen molar-refractivity contribution in [1.29, 1.82) is 0 Å². The molecule has 0 unspecified atom stereocenters. The minimum absolute atomic E-state index is 0.0740. The maximum Gasteiger partial charge on any atom is 0.410 e. The number of likely N-dealkylation sites (tertiary alicyclic amines) is 1. The number of amides is 1. The van der Waals surface area contributed by atoms with Gasteiger partial charge in [-0.25, -0.2) is 23.2 Å². The highest BCUT2D eigenvalue weighted by Crippen LogP contribution is 2.35. The number of aromatic nitrogens is 2. The van der Waals surface area contributed by atoms with Gasteiger partial charge in [0.15, 0.2) is 16.4 Å². The normalized spacial score (nSPS) is 16.3. The predicted molar refractivity (Wildman–Crippen MR) is 126 cm³/mol. The average Bonchev–Trinajstić information content (AvgIpc) is 3.52. The van der Waals surface area contributed by atoms with Gasteiger partial charge in [-0.05, 0) is 42.3 Å². The third kappa shape index (κ3) is 5.24. The molecule has 5 rings (SSSR count). The second-order valence-corrected chi connectivity index (χ2v) is 10.6. The Kier molecular flexibility index (Phi) is 6.33. The van der Waals surface area contributed by atoms with Crippen molar-refractivity contribution < 1.29 is 27.1 Å². The molecule has 2 aliphatic heterocycles. The van der Waals surface area contributed by atoms with Crippen LogP contribution in [0.2, 0.25) is 0 Å². The molecule has 3 aromatic rings. The summed E-state index contributed by atoms with van der Waals surface area (Å²) in [5.74, 6) is 1.77. The van der Waals surface area contributed by atoms with E-state index < -0.39 is 9.84 Å². The van der Waals surface area contributed by atoms with Gasteiger partial charge in [0, 0.05) is 50.5 Å². The molecule has 0 spiro atoms. The summed E-state index contributed by atoms with van der Waals surface area (Å²) >= 11 is 0. The van der Waals surface area contributed by atoms with E-state index in [1.807, 2.05) is 11.0 Å². The standard InChI is InChI=1S/C24H26N4O6S/c1-35(30,31)20-4-5-21-17(13-20)6-11-28(21)22-14-23(26-16-25-22)34-18-7-9-27(10-8-18)24(29)33-15-19-3-2-12-32-19/h2-5,12-14,16,18H,6-11,15H2,1H3. The van der Waals surface area contributed by atoms with E-state index in [0.717, 1.165) is 17.7 Å². The zero-order valence-electron chi connectivity index (χ0n) is 19.3. The highest BCUT2D eigenvalue weighted by Gasteiger charge is 2.27. The second-order valence-electron chi connectivity index (χ2n) is 8.62. The van der Waals surface area contributed by atoms with Crippen molar-refractivity contribution in [2.24, 2.45) is 0 Å². The van der Waals surface area contributed by atoms with E-state index in [-0.39, 0.29) is 18.8 Å². The fourth-order valence-electron chi connectivity index (χ4n) is 4.33. The van der Waals surface area contributed by atoms with Gasteiger partial charge in [-0.15, -0.1) is 0 Å². The van der Waals surface area contributed by atoms with Gasteiger partial charge in [0.05, 0.1) is 11.2 Å². The lowest BCUT2D eigenvalue weighted by Gasteiger charge is -2.31. The van der Waals surface area contributed by atoms with Crippen molar-refractivity contribution in [2.75, 3.05) is 30.8 Å². The van der Waals surface area contributed by atoms with Crippen LogP contribution in [0, 0.1) is 0 Å². The number of hydrogen-bond acceptors (Lipinski definition) is 9. The van der Waals surface area contributed by atoms with Crippen LogP contribution >= 0.6 is 0 Å². The molecule has 184 valence electrons. The fraction of sp³-hybridized carbons (Fsp3) is 0.375. The lowest BCUT2D eigenvalue weighted by atomic mass is 10.1. The minimum Gasteiger partial charge on any atom is -0.474 e. The minimum atomic E-state index is -3.25. The second kappa shape index (κ2) is 9.57. The van der Waals surface area contributed by atoms with Crippen molar-refractivity contribution in [3.05, 3.63) is 60.3 Å². The Balaban J connectivity index is 1.18. The summed E-state index contributed by atoms with van der Waals surface area (Å²) in [7, 11) is -3.25. The first-order chi connectivity index (χ1) is 16.9. The quantitative estimate of drug-likeness (QED) is 0.504. The molecule has 1 aromatic carbocycles. The number of carbonyl (C=O) groups is 1. The van der Waals surface area contributed by atoms with Crippen LogP contribution in [0.15, 0.2) is 58.3 Å². The Labute approximate surface area is 203 Å². The number of piperidine rings is 1. The van der Waals surface area contributed by atoms with E-state index in [1.54, 1.807) is 41.5 Å². The molecular weight excluding hydrogens is 472 g/mol. The molecule has 10 nitrogen and oxygen atoms in total. The van der Waals surface area contributed by atoms with Crippen molar-refractivity contribution >= 4 is 27.4 Å². The lowest BCUT2D eigenvalue weighted by molar-refractivity contribution is 0.0591. The summed E-state index contributed by atoms with van der Waals surface area (Å²) in [6, 6.07) is 10.5. The molecule has 0 radical (unpaired) electrons. The molecule has 1 fully saturated rings. The molecule has 35 heavy (non-hydrogen) atoms. The monoisotopic (exact) mass is 498 g/mol. The maximum absolute atomic E-state index is 12.3. The number of fused-ring (bicyclic) bond motifs is 1. The van der Waals surface area contributed by atoms with Crippen LogP contribution in [0.4, 0.5) is 16.3 Å². The number of ether oxygens (including phenoxy) is 2. The molecule has 2 aliphatic rings. The van der Waals surface area contributed by atoms with Crippen molar-refractivity contribution in [3.8, 4) is 5.88 Å². The zero-order valence-corrected chi connectivity index (χ0v) is 20.1. The third-order valence-electron chi connectivity index (χ3n) is 6.18. The van der Waals surface area contributed by atoms with Crippen LogP contribution in [0.25, 0.3) is 0 Å². The number of benzene rings is 1. The SMILES string of the molecule is CS(=O)(=O)c1ccc2c(c1)CCN2c1cc(OC2CCN(C(=O)OCc3ccco3)CC2)ncn1. The molecule has 2 aromatic heterocycles. The first kappa shape index (κ1) is 23.2. The molecule has 11 heteroatoms. The molecule has 1 amide bonds. The molecule has 0 N–H and O–H groups in total. The highest BCUT2D eigenvalue weighted by molar-refractivity contribution is 7.90. The third-order valence-corrected chi connectivity index (χ3v) is 7.29. The first-order valence-corrected chi connectivity index (χ1v) is 13.3. The van der Waals surface area contributed by atoms with E-state index in [9.17, 15) is 13.2 Å². The van der Waals surface area contributed by atoms with Gasteiger partial charge in [-0.2, -0.15) is 0 Å². The van der Waals surface area contributed by atoms with Gasteiger partial charge < -0.3 is 23.7 Å². The van der Waals surface area contributed by atoms with Gasteiger partial charge in [-0.1, -0.05) is 0 Å². The maximum atomic E-state index is 12.3. The van der Waals surface area contributed by atoms with Crippen LogP contribution < -0.4 is 9.64 Å². The molecule has 0 aliphatic carbocycles.